The molecule has 0 saturated carbocycles. The molecule has 3 aromatic carbocycles. The van der Waals surface area contributed by atoms with Gasteiger partial charge in [-0.3, -0.25) is 0 Å². The fourth-order valence-corrected chi connectivity index (χ4v) is 4.52. The zero-order valence-electron chi connectivity index (χ0n) is 21.3. The van der Waals surface area contributed by atoms with Gasteiger partial charge in [0.2, 0.25) is 0 Å². The summed E-state index contributed by atoms with van der Waals surface area (Å²) in [7, 11) is 1.28. The van der Waals surface area contributed by atoms with E-state index in [4.69, 9.17) is 9.84 Å². The molecule has 0 atom stereocenters. The van der Waals surface area contributed by atoms with Gasteiger partial charge in [0.05, 0.1) is 30.1 Å². The van der Waals surface area contributed by atoms with E-state index in [1.807, 2.05) is 30.3 Å². The summed E-state index contributed by atoms with van der Waals surface area (Å²) < 4.78 is 45.1. The van der Waals surface area contributed by atoms with E-state index in [1.54, 1.807) is 18.3 Å². The third kappa shape index (κ3) is 5.60. The van der Waals surface area contributed by atoms with Crippen molar-refractivity contribution in [2.24, 2.45) is 0 Å². The standard InChI is InChI=1S/C28H24F3N5O4/c1-40-26(37)21-14-20(18-4-8-23(9-5-18)34-10-12-35(13-11-34)27(38)39)15-24(16-21)36-17-25(32-33-36)19-2-6-22(7-3-19)28(29,30)31/h2-9,14-17H,10-13H2,1H3,(H,38,39). The first kappa shape index (κ1) is 26.7. The lowest BCUT2D eigenvalue weighted by molar-refractivity contribution is -0.137. The van der Waals surface area contributed by atoms with Crippen molar-refractivity contribution >= 4 is 17.7 Å². The Hall–Kier alpha value is -4.87. The number of aromatic nitrogens is 3. The van der Waals surface area contributed by atoms with Gasteiger partial charge in [0, 0.05) is 37.4 Å². The van der Waals surface area contributed by atoms with Crippen molar-refractivity contribution in [3.63, 3.8) is 0 Å². The molecule has 1 aromatic heterocycles. The molecule has 1 N–H and O–H groups in total. The Kier molecular flexibility index (Phi) is 7.16. The monoisotopic (exact) mass is 551 g/mol. The summed E-state index contributed by atoms with van der Waals surface area (Å²) in [5.41, 5.74) is 3.36. The number of anilines is 1. The Bertz CT molecular complexity index is 1530. The van der Waals surface area contributed by atoms with E-state index in [0.29, 0.717) is 48.7 Å². The molecule has 4 aromatic rings. The number of methoxy groups -OCH3 is 1. The number of ether oxygens (including phenoxy) is 1. The van der Waals surface area contributed by atoms with Crippen LogP contribution in [0, 0.1) is 0 Å². The Morgan fingerprint density at radius 3 is 2.10 bits per heavy atom. The number of hydrogen-bond donors (Lipinski definition) is 1. The maximum absolute atomic E-state index is 12.9. The van der Waals surface area contributed by atoms with Crippen LogP contribution in [-0.4, -0.2) is 70.4 Å². The SMILES string of the molecule is COC(=O)c1cc(-c2ccc(N3CCN(C(=O)O)CC3)cc2)cc(-n2cc(-c3ccc(C(F)(F)F)cc3)nn2)c1. The first-order valence-corrected chi connectivity index (χ1v) is 12.3. The lowest BCUT2D eigenvalue weighted by Gasteiger charge is -2.34. The van der Waals surface area contributed by atoms with Crippen molar-refractivity contribution in [2.45, 2.75) is 6.18 Å². The molecule has 5 rings (SSSR count). The number of nitrogens with zero attached hydrogens (tertiary/aromatic N) is 5. The van der Waals surface area contributed by atoms with E-state index >= 15 is 0 Å². The number of piperazine rings is 1. The molecular formula is C28H24F3N5O4. The molecule has 0 aliphatic carbocycles. The third-order valence-electron chi connectivity index (χ3n) is 6.72. The molecule has 1 amide bonds. The quantitative estimate of drug-likeness (QED) is 0.340. The minimum atomic E-state index is -4.44. The van der Waals surface area contributed by atoms with Crippen molar-refractivity contribution in [2.75, 3.05) is 38.2 Å². The van der Waals surface area contributed by atoms with E-state index in [0.717, 1.165) is 23.4 Å². The smallest absolute Gasteiger partial charge is 0.416 e. The highest BCUT2D eigenvalue weighted by molar-refractivity contribution is 5.92. The van der Waals surface area contributed by atoms with Crippen molar-refractivity contribution in [1.29, 1.82) is 0 Å². The molecule has 1 saturated heterocycles. The van der Waals surface area contributed by atoms with Gasteiger partial charge in [-0.2, -0.15) is 13.2 Å². The summed E-state index contributed by atoms with van der Waals surface area (Å²) in [5, 5.41) is 17.4. The molecular weight excluding hydrogens is 527 g/mol. The van der Waals surface area contributed by atoms with E-state index in [-0.39, 0.29) is 5.56 Å². The van der Waals surface area contributed by atoms with E-state index in [2.05, 4.69) is 15.2 Å². The van der Waals surface area contributed by atoms with Crippen LogP contribution in [0.3, 0.4) is 0 Å². The number of carbonyl (C=O) groups excluding carboxylic acids is 1. The molecule has 206 valence electrons. The summed E-state index contributed by atoms with van der Waals surface area (Å²) in [6.07, 6.45) is -3.79. The second-order valence-corrected chi connectivity index (χ2v) is 9.19. The highest BCUT2D eigenvalue weighted by Crippen LogP contribution is 2.31. The number of carbonyl (C=O) groups is 2. The van der Waals surface area contributed by atoms with Crippen molar-refractivity contribution in [1.82, 2.24) is 19.9 Å². The lowest BCUT2D eigenvalue weighted by atomic mass is 10.0. The van der Waals surface area contributed by atoms with E-state index in [9.17, 15) is 22.8 Å². The molecule has 40 heavy (non-hydrogen) atoms. The molecule has 0 radical (unpaired) electrons. The minimum Gasteiger partial charge on any atom is -0.465 e. The highest BCUT2D eigenvalue weighted by atomic mass is 19.4. The van der Waals surface area contributed by atoms with Crippen LogP contribution >= 0.6 is 0 Å². The third-order valence-corrected chi connectivity index (χ3v) is 6.72. The van der Waals surface area contributed by atoms with Gasteiger partial charge >= 0.3 is 18.2 Å². The van der Waals surface area contributed by atoms with Crippen LogP contribution in [0.4, 0.5) is 23.7 Å². The van der Waals surface area contributed by atoms with E-state index < -0.39 is 23.8 Å². The minimum absolute atomic E-state index is 0.287. The van der Waals surface area contributed by atoms with Gasteiger partial charge in [-0.1, -0.05) is 29.5 Å². The van der Waals surface area contributed by atoms with Crippen LogP contribution in [0.15, 0.2) is 72.9 Å². The summed E-state index contributed by atoms with van der Waals surface area (Å²) in [6, 6.07) is 17.4. The van der Waals surface area contributed by atoms with Crippen molar-refractivity contribution < 1.29 is 32.6 Å². The molecule has 12 heteroatoms. The first-order valence-electron chi connectivity index (χ1n) is 12.3. The lowest BCUT2D eigenvalue weighted by Crippen LogP contribution is -2.48. The van der Waals surface area contributed by atoms with Gasteiger partial charge in [0.25, 0.3) is 0 Å². The molecule has 0 bridgehead atoms. The van der Waals surface area contributed by atoms with E-state index in [1.165, 1.54) is 28.8 Å². The second-order valence-electron chi connectivity index (χ2n) is 9.19. The van der Waals surface area contributed by atoms with Gasteiger partial charge in [0.1, 0.15) is 5.69 Å². The topological polar surface area (TPSA) is 101 Å². The number of benzene rings is 3. The highest BCUT2D eigenvalue weighted by Gasteiger charge is 2.30. The molecule has 1 aliphatic rings. The number of halogens is 3. The zero-order valence-corrected chi connectivity index (χ0v) is 21.3. The maximum Gasteiger partial charge on any atom is 0.416 e. The van der Waals surface area contributed by atoms with Gasteiger partial charge in [-0.05, 0) is 53.6 Å². The van der Waals surface area contributed by atoms with Crippen LogP contribution in [0.5, 0.6) is 0 Å². The number of rotatable bonds is 5. The summed E-state index contributed by atoms with van der Waals surface area (Å²) in [5.74, 6) is -0.543. The molecule has 9 nitrogen and oxygen atoms in total. The summed E-state index contributed by atoms with van der Waals surface area (Å²) in [6.45, 7) is 2.02. The van der Waals surface area contributed by atoms with Gasteiger partial charge < -0.3 is 19.6 Å². The Morgan fingerprint density at radius 2 is 1.50 bits per heavy atom. The Balaban J connectivity index is 1.42. The fraction of sp³-hybridized carbons (Fsp3) is 0.214. The maximum atomic E-state index is 12.9. The number of alkyl halides is 3. The number of hydrogen-bond acceptors (Lipinski definition) is 6. The van der Waals surface area contributed by atoms with Crippen molar-refractivity contribution in [3.8, 4) is 28.1 Å². The Labute approximate surface area is 227 Å². The van der Waals surface area contributed by atoms with Crippen LogP contribution in [0.2, 0.25) is 0 Å². The number of esters is 1. The average molecular weight is 552 g/mol. The number of amides is 1. The first-order chi connectivity index (χ1) is 19.1. The molecule has 0 spiro atoms. The predicted molar refractivity (Wildman–Crippen MR) is 140 cm³/mol. The second kappa shape index (κ2) is 10.7. The Morgan fingerprint density at radius 1 is 0.850 bits per heavy atom. The predicted octanol–water partition coefficient (Wildman–Crippen LogP) is 5.21. The average Bonchev–Trinajstić information content (AvgIpc) is 3.47. The molecule has 0 unspecified atom stereocenters. The van der Waals surface area contributed by atoms with Crippen LogP contribution in [-0.2, 0) is 10.9 Å². The zero-order chi connectivity index (χ0) is 28.4. The van der Waals surface area contributed by atoms with Crippen LogP contribution < -0.4 is 4.90 Å². The van der Waals surface area contributed by atoms with Gasteiger partial charge in [0.15, 0.2) is 0 Å². The summed E-state index contributed by atoms with van der Waals surface area (Å²) >= 11 is 0. The molecule has 1 aliphatic heterocycles. The van der Waals surface area contributed by atoms with Crippen LogP contribution in [0.1, 0.15) is 15.9 Å². The number of carboxylic acid groups (broad SMARTS) is 1. The largest absolute Gasteiger partial charge is 0.465 e. The fourth-order valence-electron chi connectivity index (χ4n) is 4.52. The summed E-state index contributed by atoms with van der Waals surface area (Å²) in [4.78, 5) is 27.1. The normalized spacial score (nSPS) is 13.8. The van der Waals surface area contributed by atoms with Gasteiger partial charge in [-0.15, -0.1) is 5.10 Å². The molecule has 2 heterocycles. The van der Waals surface area contributed by atoms with Gasteiger partial charge in [-0.25, -0.2) is 14.3 Å². The van der Waals surface area contributed by atoms with Crippen molar-refractivity contribution in [3.05, 3.63) is 84.1 Å². The van der Waals surface area contributed by atoms with Crippen LogP contribution in [0.25, 0.3) is 28.1 Å². The molecule has 1 fully saturated rings.